The normalized spacial score (nSPS) is 35.0. The Hall–Kier alpha value is -0.820. The molecule has 1 heterocycles. The van der Waals surface area contributed by atoms with Crippen molar-refractivity contribution in [3.05, 3.63) is 35.9 Å². The van der Waals surface area contributed by atoms with Gasteiger partial charge >= 0.3 is 0 Å². The second kappa shape index (κ2) is 3.09. The van der Waals surface area contributed by atoms with E-state index in [1.54, 1.807) is 0 Å². The van der Waals surface area contributed by atoms with E-state index in [9.17, 15) is 0 Å². The lowest BCUT2D eigenvalue weighted by atomic mass is 9.84. The van der Waals surface area contributed by atoms with Crippen LogP contribution in [-0.2, 0) is 11.2 Å². The highest BCUT2D eigenvalue weighted by Gasteiger charge is 2.56. The zero-order chi connectivity index (χ0) is 9.43. The predicted octanol–water partition coefficient (Wildman–Crippen LogP) is 2.94. The van der Waals surface area contributed by atoms with Crippen molar-refractivity contribution in [1.29, 1.82) is 0 Å². The highest BCUT2D eigenvalue weighted by atomic mass is 16.6. The van der Waals surface area contributed by atoms with E-state index in [0.29, 0.717) is 6.10 Å². The van der Waals surface area contributed by atoms with Gasteiger partial charge in [0.05, 0.1) is 11.7 Å². The molecule has 0 radical (unpaired) electrons. The highest BCUT2D eigenvalue weighted by Crippen LogP contribution is 2.49. The van der Waals surface area contributed by atoms with Crippen LogP contribution >= 0.6 is 0 Å². The quantitative estimate of drug-likeness (QED) is 0.650. The summed E-state index contributed by atoms with van der Waals surface area (Å²) in [4.78, 5) is 0. The van der Waals surface area contributed by atoms with Crippen LogP contribution in [0.1, 0.15) is 31.2 Å². The van der Waals surface area contributed by atoms with Gasteiger partial charge in [0.25, 0.3) is 0 Å². The third kappa shape index (κ3) is 1.36. The van der Waals surface area contributed by atoms with Crippen molar-refractivity contribution in [2.45, 2.75) is 43.8 Å². The lowest BCUT2D eigenvalue weighted by Crippen LogP contribution is -2.22. The molecule has 2 atom stereocenters. The van der Waals surface area contributed by atoms with Crippen LogP contribution in [0.4, 0.5) is 0 Å². The first-order valence-electron chi connectivity index (χ1n) is 5.61. The maximum absolute atomic E-state index is 5.87. The molecular formula is C13H16O. The number of hydrogen-bond acceptors (Lipinski definition) is 1. The Balaban J connectivity index is 1.74. The second-order valence-corrected chi connectivity index (χ2v) is 4.58. The first-order chi connectivity index (χ1) is 6.89. The number of benzene rings is 1. The number of rotatable bonds is 2. The average molecular weight is 188 g/mol. The largest absolute Gasteiger partial charge is 0.366 e. The third-order valence-electron chi connectivity index (χ3n) is 3.57. The van der Waals surface area contributed by atoms with E-state index in [2.05, 4.69) is 30.3 Å². The van der Waals surface area contributed by atoms with Crippen LogP contribution in [0.5, 0.6) is 0 Å². The van der Waals surface area contributed by atoms with Crippen LogP contribution in [-0.4, -0.2) is 11.7 Å². The first-order valence-corrected chi connectivity index (χ1v) is 5.61. The van der Waals surface area contributed by atoms with Crippen LogP contribution in [0.3, 0.4) is 0 Å². The Morgan fingerprint density at radius 1 is 1.21 bits per heavy atom. The van der Waals surface area contributed by atoms with Crippen LogP contribution in [0.15, 0.2) is 30.3 Å². The van der Waals surface area contributed by atoms with Gasteiger partial charge in [-0.1, -0.05) is 43.2 Å². The lowest BCUT2D eigenvalue weighted by Gasteiger charge is -2.16. The summed E-state index contributed by atoms with van der Waals surface area (Å²) in [6, 6.07) is 10.7. The molecule has 2 fully saturated rings. The molecule has 0 bridgehead atoms. The van der Waals surface area contributed by atoms with Gasteiger partial charge in [0.2, 0.25) is 0 Å². The number of epoxide rings is 1. The average Bonchev–Trinajstić information content (AvgIpc) is 2.93. The van der Waals surface area contributed by atoms with Gasteiger partial charge in [-0.2, -0.15) is 0 Å². The SMILES string of the molecule is c1ccc(C[C@]23CCCC[C@H]2O3)cc1. The Morgan fingerprint density at radius 2 is 2.07 bits per heavy atom. The molecule has 74 valence electrons. The van der Waals surface area contributed by atoms with E-state index in [1.807, 2.05) is 0 Å². The van der Waals surface area contributed by atoms with Gasteiger partial charge in [-0.15, -0.1) is 0 Å². The van der Waals surface area contributed by atoms with Crippen LogP contribution in [0.2, 0.25) is 0 Å². The first kappa shape index (κ1) is 8.49. The maximum Gasteiger partial charge on any atom is 0.0988 e. The molecule has 0 N–H and O–H groups in total. The second-order valence-electron chi connectivity index (χ2n) is 4.58. The summed E-state index contributed by atoms with van der Waals surface area (Å²) in [6.45, 7) is 0. The lowest BCUT2D eigenvalue weighted by molar-refractivity contribution is 0.284. The summed E-state index contributed by atoms with van der Waals surface area (Å²) >= 11 is 0. The molecule has 14 heavy (non-hydrogen) atoms. The van der Waals surface area contributed by atoms with E-state index >= 15 is 0 Å². The van der Waals surface area contributed by atoms with Crippen LogP contribution in [0.25, 0.3) is 0 Å². The van der Waals surface area contributed by atoms with Crippen molar-refractivity contribution >= 4 is 0 Å². The van der Waals surface area contributed by atoms with E-state index in [4.69, 9.17) is 4.74 Å². The molecule has 0 aromatic heterocycles. The van der Waals surface area contributed by atoms with Crippen molar-refractivity contribution in [1.82, 2.24) is 0 Å². The number of hydrogen-bond donors (Lipinski definition) is 0. The fraction of sp³-hybridized carbons (Fsp3) is 0.538. The molecule has 1 heteroatoms. The topological polar surface area (TPSA) is 12.5 Å². The standard InChI is InChI=1S/C13H16O/c1-2-6-11(7-3-1)10-13-9-5-4-8-12(13)14-13/h1-3,6-7,12H,4-5,8-10H2/t12-,13-/m1/s1. The predicted molar refractivity (Wildman–Crippen MR) is 56.2 cm³/mol. The molecule has 3 rings (SSSR count). The van der Waals surface area contributed by atoms with Gasteiger partial charge < -0.3 is 4.74 Å². The molecule has 0 amide bonds. The van der Waals surface area contributed by atoms with Crippen molar-refractivity contribution in [2.24, 2.45) is 0 Å². The minimum Gasteiger partial charge on any atom is -0.366 e. The molecule has 0 unspecified atom stereocenters. The summed E-state index contributed by atoms with van der Waals surface area (Å²) in [5, 5.41) is 0. The molecule has 1 aliphatic carbocycles. The van der Waals surface area contributed by atoms with Gasteiger partial charge in [0.15, 0.2) is 0 Å². The van der Waals surface area contributed by atoms with Crippen molar-refractivity contribution < 1.29 is 4.74 Å². The molecular weight excluding hydrogens is 172 g/mol. The fourth-order valence-corrected chi connectivity index (χ4v) is 2.73. The summed E-state index contributed by atoms with van der Waals surface area (Å²) in [6.07, 6.45) is 6.97. The molecule has 1 nitrogen and oxygen atoms in total. The maximum atomic E-state index is 5.87. The van der Waals surface area contributed by atoms with Gasteiger partial charge in [-0.3, -0.25) is 0 Å². The minimum absolute atomic E-state index is 0.250. The zero-order valence-electron chi connectivity index (χ0n) is 8.41. The molecule has 1 saturated heterocycles. The summed E-state index contributed by atoms with van der Waals surface area (Å²) < 4.78 is 5.87. The van der Waals surface area contributed by atoms with Gasteiger partial charge in [-0.25, -0.2) is 0 Å². The smallest absolute Gasteiger partial charge is 0.0988 e. The molecule has 1 aliphatic heterocycles. The fourth-order valence-electron chi connectivity index (χ4n) is 2.73. The Kier molecular flexibility index (Phi) is 1.88. The van der Waals surface area contributed by atoms with Crippen molar-refractivity contribution in [3.63, 3.8) is 0 Å². The zero-order valence-corrected chi connectivity index (χ0v) is 8.41. The molecule has 1 saturated carbocycles. The van der Waals surface area contributed by atoms with Crippen molar-refractivity contribution in [3.8, 4) is 0 Å². The van der Waals surface area contributed by atoms with E-state index in [1.165, 1.54) is 31.2 Å². The molecule has 1 aromatic rings. The molecule has 2 aliphatic rings. The number of ether oxygens (including phenoxy) is 1. The summed E-state index contributed by atoms with van der Waals surface area (Å²) in [5.41, 5.74) is 1.68. The Morgan fingerprint density at radius 3 is 2.86 bits per heavy atom. The summed E-state index contributed by atoms with van der Waals surface area (Å²) in [7, 11) is 0. The van der Waals surface area contributed by atoms with Gasteiger partial charge in [-0.05, 0) is 18.4 Å². The van der Waals surface area contributed by atoms with Gasteiger partial charge in [0.1, 0.15) is 0 Å². The molecule has 1 aromatic carbocycles. The Labute approximate surface area is 85.1 Å². The van der Waals surface area contributed by atoms with Gasteiger partial charge in [0, 0.05) is 6.42 Å². The minimum atomic E-state index is 0.250. The van der Waals surface area contributed by atoms with E-state index < -0.39 is 0 Å². The monoisotopic (exact) mass is 188 g/mol. The van der Waals surface area contributed by atoms with Crippen molar-refractivity contribution in [2.75, 3.05) is 0 Å². The van der Waals surface area contributed by atoms with E-state index in [-0.39, 0.29) is 5.60 Å². The Bertz CT molecular complexity index is 319. The highest BCUT2D eigenvalue weighted by molar-refractivity contribution is 5.21. The van der Waals surface area contributed by atoms with E-state index in [0.717, 1.165) is 6.42 Å². The molecule has 0 spiro atoms. The summed E-state index contributed by atoms with van der Waals surface area (Å²) in [5.74, 6) is 0. The van der Waals surface area contributed by atoms with Crippen LogP contribution < -0.4 is 0 Å². The number of fused-ring (bicyclic) bond motifs is 1. The third-order valence-corrected chi connectivity index (χ3v) is 3.57. The van der Waals surface area contributed by atoms with Crippen LogP contribution in [0, 0.1) is 0 Å².